The number of nitrogens with zero attached hydrogens (tertiary/aromatic N) is 2. The van der Waals surface area contributed by atoms with Crippen LogP contribution in [-0.2, 0) is 9.59 Å². The number of nitrogens with one attached hydrogen (secondary N) is 1. The van der Waals surface area contributed by atoms with Gasteiger partial charge in [-0.05, 0) is 30.3 Å². The van der Waals surface area contributed by atoms with E-state index in [-0.39, 0.29) is 16.9 Å². The molecule has 0 atom stereocenters. The summed E-state index contributed by atoms with van der Waals surface area (Å²) in [5, 5.41) is 22.6. The molecule has 2 N–H and O–H groups in total. The number of carbonyl (C=O) groups is 3. The van der Waals surface area contributed by atoms with E-state index in [0.717, 1.165) is 36.4 Å². The average Bonchev–Trinajstić information content (AvgIpc) is 2.59. The van der Waals surface area contributed by atoms with E-state index < -0.39 is 39.9 Å². The lowest BCUT2D eigenvalue weighted by Crippen LogP contribution is -2.54. The van der Waals surface area contributed by atoms with Crippen molar-refractivity contribution in [3.05, 3.63) is 69.5 Å². The fourth-order valence-electron chi connectivity index (χ4n) is 2.43. The first-order chi connectivity index (χ1) is 12.8. The number of urea groups is 1. The summed E-state index contributed by atoms with van der Waals surface area (Å²) in [6.07, 6.45) is 0.915. The zero-order valence-corrected chi connectivity index (χ0v) is 13.4. The maximum absolute atomic E-state index is 13.4. The molecule has 0 bridgehead atoms. The second kappa shape index (κ2) is 6.67. The Hall–Kier alpha value is -4.08. The number of phenolic OH excluding ortho intramolecular Hbond substituents is 1. The number of imide groups is 2. The summed E-state index contributed by atoms with van der Waals surface area (Å²) >= 11 is 0. The molecule has 2 aromatic rings. The van der Waals surface area contributed by atoms with Gasteiger partial charge in [0.15, 0.2) is 0 Å². The predicted octanol–water partition coefficient (Wildman–Crippen LogP) is 2.11. The summed E-state index contributed by atoms with van der Waals surface area (Å²) in [6, 6.07) is 6.57. The number of nitro benzene ring substituents is 1. The largest absolute Gasteiger partial charge is 0.507 e. The number of benzene rings is 2. The van der Waals surface area contributed by atoms with Crippen LogP contribution in [0.5, 0.6) is 5.75 Å². The summed E-state index contributed by atoms with van der Waals surface area (Å²) < 4.78 is 13.4. The van der Waals surface area contributed by atoms with Crippen LogP contribution in [0, 0.1) is 15.9 Å². The smallest absolute Gasteiger partial charge is 0.335 e. The monoisotopic (exact) mass is 371 g/mol. The minimum Gasteiger partial charge on any atom is -0.507 e. The van der Waals surface area contributed by atoms with Crippen molar-refractivity contribution in [1.29, 1.82) is 0 Å². The molecule has 136 valence electrons. The van der Waals surface area contributed by atoms with Crippen molar-refractivity contribution in [1.82, 2.24) is 5.32 Å². The molecule has 0 aromatic heterocycles. The van der Waals surface area contributed by atoms with E-state index in [2.05, 4.69) is 0 Å². The summed E-state index contributed by atoms with van der Waals surface area (Å²) in [6.45, 7) is 0. The molecule has 4 amide bonds. The van der Waals surface area contributed by atoms with Gasteiger partial charge in [0.05, 0.1) is 10.6 Å². The number of anilines is 1. The van der Waals surface area contributed by atoms with Crippen molar-refractivity contribution < 1.29 is 28.8 Å². The van der Waals surface area contributed by atoms with E-state index in [1.807, 2.05) is 5.32 Å². The Kier molecular flexibility index (Phi) is 4.38. The number of barbiturate groups is 1. The van der Waals surface area contributed by atoms with Crippen molar-refractivity contribution in [3.63, 3.8) is 0 Å². The van der Waals surface area contributed by atoms with Gasteiger partial charge in [0.25, 0.3) is 17.5 Å². The zero-order chi connectivity index (χ0) is 19.7. The van der Waals surface area contributed by atoms with E-state index in [4.69, 9.17) is 0 Å². The number of rotatable bonds is 3. The van der Waals surface area contributed by atoms with Gasteiger partial charge in [-0.2, -0.15) is 0 Å². The molecule has 0 spiro atoms. The molecule has 27 heavy (non-hydrogen) atoms. The highest BCUT2D eigenvalue weighted by atomic mass is 19.1. The van der Waals surface area contributed by atoms with E-state index >= 15 is 0 Å². The van der Waals surface area contributed by atoms with Crippen LogP contribution >= 0.6 is 0 Å². The van der Waals surface area contributed by atoms with Gasteiger partial charge in [-0.1, -0.05) is 6.07 Å². The normalized spacial score (nSPS) is 15.8. The number of carbonyl (C=O) groups excluding carboxylic acids is 3. The third kappa shape index (κ3) is 3.35. The number of hydrogen-bond acceptors (Lipinski definition) is 6. The first-order valence-corrected chi connectivity index (χ1v) is 7.42. The molecular weight excluding hydrogens is 361 g/mol. The summed E-state index contributed by atoms with van der Waals surface area (Å²) in [5.74, 6) is -3.24. The Bertz CT molecular complexity index is 1030. The molecule has 0 unspecified atom stereocenters. The van der Waals surface area contributed by atoms with Gasteiger partial charge in [-0.15, -0.1) is 0 Å². The zero-order valence-electron chi connectivity index (χ0n) is 13.4. The summed E-state index contributed by atoms with van der Waals surface area (Å²) in [5.41, 5.74) is -1.22. The van der Waals surface area contributed by atoms with Crippen LogP contribution in [0.3, 0.4) is 0 Å². The van der Waals surface area contributed by atoms with Crippen LogP contribution in [0.25, 0.3) is 6.08 Å². The Balaban J connectivity index is 2.07. The minimum atomic E-state index is -1.07. The van der Waals surface area contributed by atoms with Gasteiger partial charge >= 0.3 is 6.03 Å². The fraction of sp³-hybridized carbons (Fsp3) is 0. The molecule has 1 aliphatic rings. The van der Waals surface area contributed by atoms with E-state index in [0.29, 0.717) is 4.90 Å². The van der Waals surface area contributed by atoms with Crippen molar-refractivity contribution in [2.24, 2.45) is 0 Å². The SMILES string of the molecule is O=C1NC(=O)N(c2cccc(F)c2)C(=O)/C1=C/c1cc([N+](=O)[O-])ccc1O. The number of non-ortho nitro benzene ring substituents is 1. The molecule has 1 saturated heterocycles. The number of nitro groups is 1. The van der Waals surface area contributed by atoms with Gasteiger partial charge in [0.2, 0.25) is 0 Å². The maximum atomic E-state index is 13.4. The Morgan fingerprint density at radius 3 is 2.56 bits per heavy atom. The second-order valence-electron chi connectivity index (χ2n) is 5.44. The Morgan fingerprint density at radius 1 is 1.15 bits per heavy atom. The number of hydrogen-bond donors (Lipinski definition) is 2. The van der Waals surface area contributed by atoms with Crippen LogP contribution < -0.4 is 10.2 Å². The first kappa shape index (κ1) is 17.7. The van der Waals surface area contributed by atoms with Gasteiger partial charge < -0.3 is 5.11 Å². The lowest BCUT2D eigenvalue weighted by Gasteiger charge is -2.26. The third-order valence-corrected chi connectivity index (χ3v) is 3.69. The van der Waals surface area contributed by atoms with Crippen molar-refractivity contribution in [3.8, 4) is 5.75 Å². The van der Waals surface area contributed by atoms with Crippen LogP contribution in [-0.4, -0.2) is 27.9 Å². The molecule has 1 heterocycles. The van der Waals surface area contributed by atoms with Crippen molar-refractivity contribution in [2.45, 2.75) is 0 Å². The lowest BCUT2D eigenvalue weighted by molar-refractivity contribution is -0.384. The molecule has 0 radical (unpaired) electrons. The molecule has 0 saturated carbocycles. The maximum Gasteiger partial charge on any atom is 0.335 e. The van der Waals surface area contributed by atoms with Gasteiger partial charge in [0.1, 0.15) is 17.1 Å². The Morgan fingerprint density at radius 2 is 1.89 bits per heavy atom. The summed E-state index contributed by atoms with van der Waals surface area (Å²) in [7, 11) is 0. The highest BCUT2D eigenvalue weighted by Crippen LogP contribution is 2.27. The predicted molar refractivity (Wildman–Crippen MR) is 90.2 cm³/mol. The lowest BCUT2D eigenvalue weighted by atomic mass is 10.1. The van der Waals surface area contributed by atoms with Crippen LogP contribution in [0.15, 0.2) is 48.0 Å². The van der Waals surface area contributed by atoms with Gasteiger partial charge in [0, 0.05) is 17.7 Å². The number of halogens is 1. The van der Waals surface area contributed by atoms with E-state index in [1.54, 1.807) is 0 Å². The molecule has 1 aliphatic heterocycles. The molecule has 2 aromatic carbocycles. The molecule has 3 rings (SSSR count). The highest BCUT2D eigenvalue weighted by Gasteiger charge is 2.37. The van der Waals surface area contributed by atoms with Gasteiger partial charge in [-0.3, -0.25) is 25.0 Å². The molecule has 0 aliphatic carbocycles. The second-order valence-corrected chi connectivity index (χ2v) is 5.44. The standard InChI is InChI=1S/C17H10FN3O6/c18-10-2-1-3-11(8-10)20-16(24)13(15(23)19-17(20)25)7-9-6-12(21(26)27)4-5-14(9)22/h1-8,22H,(H,19,23,25)/b13-7+. The Labute approximate surface area is 150 Å². The molecule has 1 fully saturated rings. The molecular formula is C17H10FN3O6. The summed E-state index contributed by atoms with van der Waals surface area (Å²) in [4.78, 5) is 47.4. The van der Waals surface area contributed by atoms with Gasteiger partial charge in [-0.25, -0.2) is 14.1 Å². The first-order valence-electron chi connectivity index (χ1n) is 7.42. The van der Waals surface area contributed by atoms with E-state index in [1.165, 1.54) is 12.1 Å². The van der Waals surface area contributed by atoms with Crippen LogP contribution in [0.2, 0.25) is 0 Å². The van der Waals surface area contributed by atoms with Crippen LogP contribution in [0.4, 0.5) is 20.6 Å². The van der Waals surface area contributed by atoms with E-state index in [9.17, 15) is 34.0 Å². The fourth-order valence-corrected chi connectivity index (χ4v) is 2.43. The number of aromatic hydroxyl groups is 1. The van der Waals surface area contributed by atoms with Crippen LogP contribution in [0.1, 0.15) is 5.56 Å². The highest BCUT2D eigenvalue weighted by molar-refractivity contribution is 6.39. The van der Waals surface area contributed by atoms with Crippen molar-refractivity contribution in [2.75, 3.05) is 4.90 Å². The number of phenols is 1. The average molecular weight is 371 g/mol. The third-order valence-electron chi connectivity index (χ3n) is 3.69. The topological polar surface area (TPSA) is 130 Å². The minimum absolute atomic E-state index is 0.112. The molecule has 10 heteroatoms. The quantitative estimate of drug-likeness (QED) is 0.368. The molecule has 9 nitrogen and oxygen atoms in total. The van der Waals surface area contributed by atoms with Crippen molar-refractivity contribution >= 4 is 35.3 Å². The number of amides is 4.